The fraction of sp³-hybridized carbons (Fsp3) is 0.667. The van der Waals surface area contributed by atoms with Crippen molar-refractivity contribution in [1.29, 1.82) is 0 Å². The Bertz CT molecular complexity index is 312. The third kappa shape index (κ3) is 3.00. The normalized spacial score (nSPS) is 24.2. The lowest BCUT2D eigenvalue weighted by Crippen LogP contribution is -2.42. The van der Waals surface area contributed by atoms with E-state index < -0.39 is 0 Å². The van der Waals surface area contributed by atoms with Crippen molar-refractivity contribution in [2.24, 2.45) is 11.7 Å². The minimum absolute atomic E-state index is 0.296. The quantitative estimate of drug-likeness (QED) is 0.827. The molecule has 1 aromatic heterocycles. The number of hydrogen-bond acceptors (Lipinski definition) is 4. The molecule has 0 aliphatic carbocycles. The molecule has 2 unspecified atom stereocenters. The second-order valence-corrected chi connectivity index (χ2v) is 4.69. The average Bonchev–Trinajstić information content (AvgIpc) is 2.30. The highest BCUT2D eigenvalue weighted by Gasteiger charge is 2.22. The second-order valence-electron chi connectivity index (χ2n) is 4.69. The number of nitrogens with zero attached hydrogens (tertiary/aromatic N) is 3. The van der Waals surface area contributed by atoms with Crippen molar-refractivity contribution in [2.75, 3.05) is 13.1 Å². The van der Waals surface area contributed by atoms with Crippen LogP contribution in [-0.4, -0.2) is 34.0 Å². The van der Waals surface area contributed by atoms with Crippen LogP contribution >= 0.6 is 0 Å². The zero-order chi connectivity index (χ0) is 11.4. The lowest BCUT2D eigenvalue weighted by Gasteiger charge is -2.34. The van der Waals surface area contributed by atoms with Crippen molar-refractivity contribution in [1.82, 2.24) is 14.9 Å². The molecule has 2 atom stereocenters. The smallest absolute Gasteiger partial charge is 0.0726 e. The SMILES string of the molecule is CC(N)C1CCCN(Cc2cnccn2)C1. The van der Waals surface area contributed by atoms with Gasteiger partial charge in [0.25, 0.3) is 0 Å². The molecule has 4 heteroatoms. The Balaban J connectivity index is 1.90. The summed E-state index contributed by atoms with van der Waals surface area (Å²) < 4.78 is 0. The van der Waals surface area contributed by atoms with E-state index in [-0.39, 0.29) is 0 Å². The molecule has 1 fully saturated rings. The summed E-state index contributed by atoms with van der Waals surface area (Å²) in [7, 11) is 0. The van der Waals surface area contributed by atoms with E-state index in [1.807, 2.05) is 6.20 Å². The molecule has 88 valence electrons. The van der Waals surface area contributed by atoms with E-state index in [9.17, 15) is 0 Å². The van der Waals surface area contributed by atoms with Crippen LogP contribution in [0.15, 0.2) is 18.6 Å². The Morgan fingerprint density at radius 1 is 1.56 bits per heavy atom. The van der Waals surface area contributed by atoms with E-state index in [0.29, 0.717) is 12.0 Å². The summed E-state index contributed by atoms with van der Waals surface area (Å²) in [6, 6.07) is 0.296. The first-order valence-electron chi connectivity index (χ1n) is 5.98. The maximum atomic E-state index is 5.97. The van der Waals surface area contributed by atoms with Crippen molar-refractivity contribution in [3.05, 3.63) is 24.3 Å². The van der Waals surface area contributed by atoms with Gasteiger partial charge in [0, 0.05) is 37.7 Å². The van der Waals surface area contributed by atoms with Crippen LogP contribution in [0.5, 0.6) is 0 Å². The Labute approximate surface area is 96.9 Å². The molecular formula is C12H20N4. The van der Waals surface area contributed by atoms with Crippen LogP contribution in [0.4, 0.5) is 0 Å². The summed E-state index contributed by atoms with van der Waals surface area (Å²) in [5.74, 6) is 0.630. The Kier molecular flexibility index (Phi) is 3.85. The van der Waals surface area contributed by atoms with Crippen molar-refractivity contribution in [3.8, 4) is 0 Å². The molecule has 2 N–H and O–H groups in total. The summed E-state index contributed by atoms with van der Waals surface area (Å²) in [5, 5.41) is 0. The van der Waals surface area contributed by atoms with Gasteiger partial charge in [-0.05, 0) is 32.2 Å². The van der Waals surface area contributed by atoms with Gasteiger partial charge in [0.15, 0.2) is 0 Å². The summed E-state index contributed by atoms with van der Waals surface area (Å²) in [4.78, 5) is 10.8. The molecule has 1 aliphatic rings. The first-order valence-corrected chi connectivity index (χ1v) is 5.98. The molecule has 4 nitrogen and oxygen atoms in total. The Morgan fingerprint density at radius 2 is 2.44 bits per heavy atom. The third-order valence-corrected chi connectivity index (χ3v) is 3.29. The highest BCUT2D eigenvalue weighted by Crippen LogP contribution is 2.19. The molecule has 1 aromatic rings. The van der Waals surface area contributed by atoms with Gasteiger partial charge in [-0.3, -0.25) is 14.9 Å². The molecule has 2 rings (SSSR count). The van der Waals surface area contributed by atoms with Crippen LogP contribution in [0, 0.1) is 5.92 Å². The molecule has 0 radical (unpaired) electrons. The Hall–Kier alpha value is -1.00. The van der Waals surface area contributed by atoms with Crippen LogP contribution in [0.1, 0.15) is 25.5 Å². The summed E-state index contributed by atoms with van der Waals surface area (Å²) in [6.45, 7) is 5.25. The lowest BCUT2D eigenvalue weighted by molar-refractivity contribution is 0.152. The van der Waals surface area contributed by atoms with Gasteiger partial charge in [-0.15, -0.1) is 0 Å². The van der Waals surface area contributed by atoms with Crippen LogP contribution in [0.2, 0.25) is 0 Å². The van der Waals surface area contributed by atoms with Gasteiger partial charge >= 0.3 is 0 Å². The van der Waals surface area contributed by atoms with E-state index in [0.717, 1.165) is 25.3 Å². The highest BCUT2D eigenvalue weighted by atomic mass is 15.1. The predicted octanol–water partition coefficient (Wildman–Crippen LogP) is 1.04. The number of rotatable bonds is 3. The number of likely N-dealkylation sites (tertiary alicyclic amines) is 1. The largest absolute Gasteiger partial charge is 0.328 e. The molecule has 0 bridgehead atoms. The third-order valence-electron chi connectivity index (χ3n) is 3.29. The molecule has 2 heterocycles. The lowest BCUT2D eigenvalue weighted by atomic mass is 9.92. The molecular weight excluding hydrogens is 200 g/mol. The fourth-order valence-electron chi connectivity index (χ4n) is 2.30. The minimum atomic E-state index is 0.296. The molecule has 1 saturated heterocycles. The van der Waals surface area contributed by atoms with Crippen LogP contribution in [0.3, 0.4) is 0 Å². The van der Waals surface area contributed by atoms with Gasteiger partial charge < -0.3 is 5.73 Å². The van der Waals surface area contributed by atoms with E-state index in [2.05, 4.69) is 21.8 Å². The summed E-state index contributed by atoms with van der Waals surface area (Å²) >= 11 is 0. The number of nitrogens with two attached hydrogens (primary N) is 1. The maximum Gasteiger partial charge on any atom is 0.0726 e. The molecule has 1 aliphatic heterocycles. The van der Waals surface area contributed by atoms with E-state index >= 15 is 0 Å². The summed E-state index contributed by atoms with van der Waals surface area (Å²) in [5.41, 5.74) is 7.02. The first kappa shape index (κ1) is 11.5. The monoisotopic (exact) mass is 220 g/mol. The van der Waals surface area contributed by atoms with Crippen molar-refractivity contribution in [2.45, 2.75) is 32.4 Å². The average molecular weight is 220 g/mol. The standard InChI is InChI=1S/C12H20N4/c1-10(13)11-3-2-6-16(8-11)9-12-7-14-4-5-15-12/h4-5,7,10-11H,2-3,6,8-9,13H2,1H3. The second kappa shape index (κ2) is 5.37. The van der Waals surface area contributed by atoms with Crippen molar-refractivity contribution in [3.63, 3.8) is 0 Å². The highest BCUT2D eigenvalue weighted by molar-refractivity contribution is 4.95. The van der Waals surface area contributed by atoms with Gasteiger partial charge in [-0.25, -0.2) is 0 Å². The fourth-order valence-corrected chi connectivity index (χ4v) is 2.30. The van der Waals surface area contributed by atoms with Crippen LogP contribution in [0.25, 0.3) is 0 Å². The maximum absolute atomic E-state index is 5.97. The molecule has 0 amide bonds. The topological polar surface area (TPSA) is 55.0 Å². The minimum Gasteiger partial charge on any atom is -0.328 e. The predicted molar refractivity (Wildman–Crippen MR) is 63.7 cm³/mol. The molecule has 0 aromatic carbocycles. The zero-order valence-electron chi connectivity index (χ0n) is 9.84. The van der Waals surface area contributed by atoms with Gasteiger partial charge in [-0.1, -0.05) is 0 Å². The van der Waals surface area contributed by atoms with E-state index in [1.165, 1.54) is 12.8 Å². The molecule has 16 heavy (non-hydrogen) atoms. The molecule has 0 saturated carbocycles. The van der Waals surface area contributed by atoms with E-state index in [1.54, 1.807) is 12.4 Å². The van der Waals surface area contributed by atoms with Crippen molar-refractivity contribution >= 4 is 0 Å². The van der Waals surface area contributed by atoms with Crippen molar-refractivity contribution < 1.29 is 0 Å². The van der Waals surface area contributed by atoms with Crippen LogP contribution < -0.4 is 5.73 Å². The zero-order valence-corrected chi connectivity index (χ0v) is 9.84. The Morgan fingerprint density at radius 3 is 3.12 bits per heavy atom. The number of aromatic nitrogens is 2. The molecule has 0 spiro atoms. The van der Waals surface area contributed by atoms with E-state index in [4.69, 9.17) is 5.73 Å². The number of piperidine rings is 1. The first-order chi connectivity index (χ1) is 7.75. The van der Waals surface area contributed by atoms with Gasteiger partial charge in [0.1, 0.15) is 0 Å². The van der Waals surface area contributed by atoms with Gasteiger partial charge in [0.2, 0.25) is 0 Å². The van der Waals surface area contributed by atoms with Gasteiger partial charge in [-0.2, -0.15) is 0 Å². The van der Waals surface area contributed by atoms with Crippen LogP contribution in [-0.2, 0) is 6.54 Å². The number of hydrogen-bond donors (Lipinski definition) is 1. The summed E-state index contributed by atoms with van der Waals surface area (Å²) in [6.07, 6.45) is 7.81. The van der Waals surface area contributed by atoms with Gasteiger partial charge in [0.05, 0.1) is 5.69 Å².